The van der Waals surface area contributed by atoms with Gasteiger partial charge in [0.05, 0.1) is 14.2 Å². The van der Waals surface area contributed by atoms with Crippen LogP contribution in [0.5, 0.6) is 11.5 Å². The van der Waals surface area contributed by atoms with Crippen LogP contribution in [0.4, 0.5) is 0 Å². The monoisotopic (exact) mass is 443 g/mol. The molecule has 6 heteroatoms. The molecule has 3 aromatic carbocycles. The van der Waals surface area contributed by atoms with Gasteiger partial charge in [0.25, 0.3) is 11.8 Å². The maximum absolute atomic E-state index is 12.3. The molecule has 0 bridgehead atoms. The topological polar surface area (TPSA) is 64.6 Å². The van der Waals surface area contributed by atoms with Gasteiger partial charge in [-0.1, -0.05) is 36.4 Å². The highest BCUT2D eigenvalue weighted by Gasteiger charge is 2.15. The van der Waals surface area contributed by atoms with Crippen molar-refractivity contribution < 1.29 is 19.1 Å². The molecule has 0 saturated carbocycles. The summed E-state index contributed by atoms with van der Waals surface area (Å²) < 4.78 is 12.3. The van der Waals surface area contributed by atoms with E-state index < -0.39 is 11.8 Å². The zero-order valence-corrected chi connectivity index (χ0v) is 18.4. The van der Waals surface area contributed by atoms with E-state index in [0.717, 1.165) is 15.8 Å². The SMILES string of the molecule is COc1cc(OC)c(-c2cc3ccccc3s2)cc1C=CC(=O)NC(=O)c1ccccc1. The lowest BCUT2D eigenvalue weighted by Crippen LogP contribution is -2.28. The lowest BCUT2D eigenvalue weighted by Gasteiger charge is -2.12. The lowest BCUT2D eigenvalue weighted by molar-refractivity contribution is -0.115. The third-order valence-corrected chi connectivity index (χ3v) is 6.08. The summed E-state index contributed by atoms with van der Waals surface area (Å²) in [7, 11) is 3.17. The molecule has 1 N–H and O–H groups in total. The third kappa shape index (κ3) is 4.55. The number of hydrogen-bond donors (Lipinski definition) is 1. The average Bonchev–Trinajstić information content (AvgIpc) is 3.26. The normalized spacial score (nSPS) is 10.9. The Kier molecular flexibility index (Phi) is 6.33. The van der Waals surface area contributed by atoms with Gasteiger partial charge in [-0.05, 0) is 41.8 Å². The van der Waals surface area contributed by atoms with Crippen molar-refractivity contribution in [2.45, 2.75) is 0 Å². The highest BCUT2D eigenvalue weighted by molar-refractivity contribution is 7.22. The van der Waals surface area contributed by atoms with Crippen molar-refractivity contribution in [3.63, 3.8) is 0 Å². The number of carbonyl (C=O) groups excluding carboxylic acids is 2. The molecule has 0 aliphatic rings. The van der Waals surface area contributed by atoms with Crippen molar-refractivity contribution in [2.24, 2.45) is 0 Å². The maximum atomic E-state index is 12.3. The summed E-state index contributed by atoms with van der Waals surface area (Å²) >= 11 is 1.66. The number of rotatable bonds is 6. The number of fused-ring (bicyclic) bond motifs is 1. The third-order valence-electron chi connectivity index (χ3n) is 4.93. The minimum atomic E-state index is -0.514. The summed E-state index contributed by atoms with van der Waals surface area (Å²) in [4.78, 5) is 25.6. The fourth-order valence-electron chi connectivity index (χ4n) is 3.34. The highest BCUT2D eigenvalue weighted by atomic mass is 32.1. The molecule has 4 aromatic rings. The van der Waals surface area contributed by atoms with E-state index in [2.05, 4.69) is 23.5 Å². The smallest absolute Gasteiger partial charge is 0.258 e. The number of carbonyl (C=O) groups is 2. The molecule has 0 radical (unpaired) electrons. The summed E-state index contributed by atoms with van der Waals surface area (Å²) in [5.74, 6) is 0.271. The van der Waals surface area contributed by atoms with Crippen molar-refractivity contribution in [1.82, 2.24) is 5.32 Å². The van der Waals surface area contributed by atoms with E-state index in [-0.39, 0.29) is 0 Å². The minimum absolute atomic E-state index is 0.420. The van der Waals surface area contributed by atoms with E-state index in [1.54, 1.807) is 62.0 Å². The predicted molar refractivity (Wildman–Crippen MR) is 128 cm³/mol. The van der Waals surface area contributed by atoms with E-state index in [0.29, 0.717) is 22.6 Å². The quantitative estimate of drug-likeness (QED) is 0.397. The molecule has 1 heterocycles. The number of thiophene rings is 1. The predicted octanol–water partition coefficient (Wildman–Crippen LogP) is 5.56. The molecule has 5 nitrogen and oxygen atoms in total. The number of methoxy groups -OCH3 is 2. The van der Waals surface area contributed by atoms with E-state index in [1.807, 2.05) is 24.3 Å². The van der Waals surface area contributed by atoms with Crippen LogP contribution < -0.4 is 14.8 Å². The zero-order chi connectivity index (χ0) is 22.5. The van der Waals surface area contributed by atoms with Gasteiger partial charge in [-0.3, -0.25) is 14.9 Å². The number of ether oxygens (including phenoxy) is 2. The van der Waals surface area contributed by atoms with Crippen LogP contribution in [-0.4, -0.2) is 26.0 Å². The van der Waals surface area contributed by atoms with Crippen LogP contribution in [0.25, 0.3) is 26.6 Å². The second-order valence-corrected chi connectivity index (χ2v) is 8.04. The van der Waals surface area contributed by atoms with Crippen LogP contribution in [0.2, 0.25) is 0 Å². The Morgan fingerprint density at radius 1 is 0.875 bits per heavy atom. The average molecular weight is 444 g/mol. The summed E-state index contributed by atoms with van der Waals surface area (Å²) in [6.45, 7) is 0. The first-order valence-corrected chi connectivity index (χ1v) is 10.7. The molecule has 4 rings (SSSR count). The first kappa shape index (κ1) is 21.3. The van der Waals surface area contributed by atoms with Gasteiger partial charge in [0, 0.05) is 38.4 Å². The largest absolute Gasteiger partial charge is 0.496 e. The molecule has 0 aliphatic heterocycles. The van der Waals surface area contributed by atoms with Crippen molar-refractivity contribution in [3.8, 4) is 21.9 Å². The number of hydrogen-bond acceptors (Lipinski definition) is 5. The van der Waals surface area contributed by atoms with Gasteiger partial charge in [-0.25, -0.2) is 0 Å². The Hall–Kier alpha value is -3.90. The maximum Gasteiger partial charge on any atom is 0.258 e. The van der Waals surface area contributed by atoms with Crippen molar-refractivity contribution in [1.29, 1.82) is 0 Å². The summed E-state index contributed by atoms with van der Waals surface area (Å²) in [6, 6.07) is 22.6. The van der Waals surface area contributed by atoms with Crippen LogP contribution in [0.1, 0.15) is 15.9 Å². The Bertz CT molecular complexity index is 1280. The van der Waals surface area contributed by atoms with Crippen molar-refractivity contribution in [3.05, 3.63) is 90.0 Å². The molecule has 0 aliphatic carbocycles. The molecule has 0 saturated heterocycles. The van der Waals surface area contributed by atoms with Gasteiger partial charge in [-0.15, -0.1) is 11.3 Å². The molecule has 0 spiro atoms. The Balaban J connectivity index is 1.63. The summed E-state index contributed by atoms with van der Waals surface area (Å²) in [6.07, 6.45) is 2.95. The molecular weight excluding hydrogens is 422 g/mol. The van der Waals surface area contributed by atoms with Gasteiger partial charge in [-0.2, -0.15) is 0 Å². The van der Waals surface area contributed by atoms with Crippen LogP contribution in [0.15, 0.2) is 78.9 Å². The summed E-state index contributed by atoms with van der Waals surface area (Å²) in [5, 5.41) is 3.52. The molecule has 1 aromatic heterocycles. The number of imide groups is 1. The van der Waals surface area contributed by atoms with Gasteiger partial charge in [0.2, 0.25) is 0 Å². The van der Waals surface area contributed by atoms with E-state index in [4.69, 9.17) is 9.47 Å². The second kappa shape index (κ2) is 9.49. The zero-order valence-electron chi connectivity index (χ0n) is 17.6. The summed E-state index contributed by atoms with van der Waals surface area (Å²) in [5.41, 5.74) is 2.02. The molecule has 0 unspecified atom stereocenters. The highest BCUT2D eigenvalue weighted by Crippen LogP contribution is 2.41. The fraction of sp³-hybridized carbons (Fsp3) is 0.0769. The Morgan fingerprint density at radius 2 is 1.59 bits per heavy atom. The minimum Gasteiger partial charge on any atom is -0.496 e. The lowest BCUT2D eigenvalue weighted by atomic mass is 10.1. The molecule has 32 heavy (non-hydrogen) atoms. The molecular formula is C26H21NO4S. The fourth-order valence-corrected chi connectivity index (χ4v) is 4.43. The molecule has 0 fully saturated rings. The van der Waals surface area contributed by atoms with Crippen LogP contribution in [0.3, 0.4) is 0 Å². The van der Waals surface area contributed by atoms with Gasteiger partial charge < -0.3 is 9.47 Å². The first-order valence-electron chi connectivity index (χ1n) is 9.92. The van der Waals surface area contributed by atoms with Crippen LogP contribution in [-0.2, 0) is 4.79 Å². The Morgan fingerprint density at radius 3 is 2.31 bits per heavy atom. The van der Waals surface area contributed by atoms with Crippen molar-refractivity contribution in [2.75, 3.05) is 14.2 Å². The molecule has 160 valence electrons. The number of benzene rings is 3. The van der Waals surface area contributed by atoms with E-state index in [9.17, 15) is 9.59 Å². The molecule has 0 atom stereocenters. The van der Waals surface area contributed by atoms with Gasteiger partial charge in [0.15, 0.2) is 0 Å². The standard InChI is InChI=1S/C26H21NO4S/c1-30-21-16-22(31-2)20(24-15-19-10-6-7-11-23(19)32-24)14-18(21)12-13-25(28)27-26(29)17-8-4-3-5-9-17/h3-16H,1-2H3,(H,27,28,29). The van der Waals surface area contributed by atoms with Gasteiger partial charge >= 0.3 is 0 Å². The number of amides is 2. The van der Waals surface area contributed by atoms with Crippen molar-refractivity contribution >= 4 is 39.3 Å². The van der Waals surface area contributed by atoms with Crippen LogP contribution >= 0.6 is 11.3 Å². The first-order chi connectivity index (χ1) is 15.6. The second-order valence-electron chi connectivity index (χ2n) is 6.96. The number of nitrogens with one attached hydrogen (secondary N) is 1. The van der Waals surface area contributed by atoms with E-state index in [1.165, 1.54) is 10.8 Å². The Labute approximate surface area is 189 Å². The van der Waals surface area contributed by atoms with Gasteiger partial charge in [0.1, 0.15) is 11.5 Å². The van der Waals surface area contributed by atoms with Crippen LogP contribution in [0, 0.1) is 0 Å². The van der Waals surface area contributed by atoms with E-state index >= 15 is 0 Å². The molecule has 2 amide bonds.